The fourth-order valence-corrected chi connectivity index (χ4v) is 4.69. The van der Waals surface area contributed by atoms with Crippen molar-refractivity contribution < 1.29 is 14.6 Å². The van der Waals surface area contributed by atoms with Crippen molar-refractivity contribution in [2.24, 2.45) is 0 Å². The third-order valence-corrected chi connectivity index (χ3v) is 6.40. The standard InChI is InChI=1S/C19H23Cl2N3O3/c1-11-16-14(2-3-24(11)15(26)10-25)22-19-17(16)12(8-13(20)18(19)21)9-23-4-6-27-7-5-23/h8,11,22,25H,2-7,9-10H2,1H3/t11-/m0/s1. The molecule has 1 amide bonds. The molecule has 0 unspecified atom stereocenters. The predicted molar refractivity (Wildman–Crippen MR) is 105 cm³/mol. The normalized spacial score (nSPS) is 20.9. The van der Waals surface area contributed by atoms with Gasteiger partial charge in [0.05, 0.1) is 34.8 Å². The summed E-state index contributed by atoms with van der Waals surface area (Å²) in [7, 11) is 0. The third-order valence-electron chi connectivity index (χ3n) is 5.61. The van der Waals surface area contributed by atoms with Crippen LogP contribution < -0.4 is 0 Å². The highest BCUT2D eigenvalue weighted by molar-refractivity contribution is 6.45. The summed E-state index contributed by atoms with van der Waals surface area (Å²) in [6.45, 7) is 6.05. The molecule has 1 fully saturated rings. The molecule has 8 heteroatoms. The van der Waals surface area contributed by atoms with Crippen LogP contribution in [0.25, 0.3) is 10.9 Å². The van der Waals surface area contributed by atoms with E-state index in [9.17, 15) is 9.90 Å². The van der Waals surface area contributed by atoms with E-state index in [0.717, 1.165) is 60.6 Å². The van der Waals surface area contributed by atoms with Gasteiger partial charge in [-0.3, -0.25) is 9.69 Å². The Bertz CT molecular complexity index is 877. The lowest BCUT2D eigenvalue weighted by Crippen LogP contribution is -2.40. The molecule has 1 aromatic heterocycles. The van der Waals surface area contributed by atoms with Gasteiger partial charge >= 0.3 is 0 Å². The number of hydrogen-bond donors (Lipinski definition) is 2. The summed E-state index contributed by atoms with van der Waals surface area (Å²) >= 11 is 12.9. The number of nitrogens with one attached hydrogen (secondary N) is 1. The zero-order valence-electron chi connectivity index (χ0n) is 15.2. The number of carbonyl (C=O) groups is 1. The summed E-state index contributed by atoms with van der Waals surface area (Å²) in [5.41, 5.74) is 4.11. The van der Waals surface area contributed by atoms with Crippen molar-refractivity contribution in [2.45, 2.75) is 25.9 Å². The minimum Gasteiger partial charge on any atom is -0.387 e. The highest BCUT2D eigenvalue weighted by Gasteiger charge is 2.32. The number of H-pyrrole nitrogens is 1. The van der Waals surface area contributed by atoms with Gasteiger partial charge in [-0.15, -0.1) is 0 Å². The van der Waals surface area contributed by atoms with Gasteiger partial charge in [0.25, 0.3) is 0 Å². The number of halogens is 2. The van der Waals surface area contributed by atoms with Gasteiger partial charge in [0, 0.05) is 49.2 Å². The van der Waals surface area contributed by atoms with Gasteiger partial charge in [0.2, 0.25) is 5.91 Å². The molecule has 1 aromatic carbocycles. The zero-order chi connectivity index (χ0) is 19.1. The zero-order valence-corrected chi connectivity index (χ0v) is 16.7. The second-order valence-corrected chi connectivity index (χ2v) is 7.94. The number of aromatic amines is 1. The second kappa shape index (κ2) is 7.60. The first-order chi connectivity index (χ1) is 13.0. The van der Waals surface area contributed by atoms with Gasteiger partial charge in [-0.1, -0.05) is 23.2 Å². The predicted octanol–water partition coefficient (Wildman–Crippen LogP) is 2.74. The number of fused-ring (bicyclic) bond motifs is 3. The Labute approximate surface area is 168 Å². The average Bonchev–Trinajstić information content (AvgIpc) is 3.07. The Morgan fingerprint density at radius 3 is 2.78 bits per heavy atom. The van der Waals surface area contributed by atoms with Crippen molar-refractivity contribution in [1.82, 2.24) is 14.8 Å². The maximum atomic E-state index is 12.2. The molecule has 4 rings (SSSR count). The number of aliphatic hydroxyl groups is 1. The highest BCUT2D eigenvalue weighted by atomic mass is 35.5. The number of nitrogens with zero attached hydrogens (tertiary/aromatic N) is 2. The maximum absolute atomic E-state index is 12.2. The molecule has 2 aliphatic rings. The van der Waals surface area contributed by atoms with Crippen LogP contribution in [-0.2, 0) is 22.5 Å². The van der Waals surface area contributed by atoms with Crippen molar-refractivity contribution >= 4 is 40.0 Å². The van der Waals surface area contributed by atoms with Gasteiger partial charge in [0.15, 0.2) is 0 Å². The third kappa shape index (κ3) is 3.34. The minimum absolute atomic E-state index is 0.136. The van der Waals surface area contributed by atoms with Crippen molar-refractivity contribution in [3.8, 4) is 0 Å². The molecule has 0 aliphatic carbocycles. The molecule has 1 atom stereocenters. The maximum Gasteiger partial charge on any atom is 0.248 e. The Hall–Kier alpha value is -1.31. The van der Waals surface area contributed by atoms with Crippen molar-refractivity contribution in [3.05, 3.63) is 32.9 Å². The van der Waals surface area contributed by atoms with E-state index in [4.69, 9.17) is 27.9 Å². The summed E-state index contributed by atoms with van der Waals surface area (Å²) in [6, 6.07) is 1.80. The summed E-state index contributed by atoms with van der Waals surface area (Å²) < 4.78 is 5.45. The quantitative estimate of drug-likeness (QED) is 0.814. The number of rotatable bonds is 3. The Morgan fingerprint density at radius 1 is 1.33 bits per heavy atom. The van der Waals surface area contributed by atoms with E-state index < -0.39 is 6.61 Å². The molecule has 2 aliphatic heterocycles. The average molecular weight is 412 g/mol. The SMILES string of the molecule is C[C@H]1c2c([nH]c3c(Cl)c(Cl)cc(CN4CCOCC4)c23)CCN1C(=O)CO. The van der Waals surface area contributed by atoms with Gasteiger partial charge in [-0.2, -0.15) is 0 Å². The number of aromatic nitrogens is 1. The van der Waals surface area contributed by atoms with E-state index in [1.165, 1.54) is 0 Å². The van der Waals surface area contributed by atoms with Crippen LogP contribution in [0, 0.1) is 0 Å². The molecule has 2 N–H and O–H groups in total. The van der Waals surface area contributed by atoms with E-state index in [1.807, 2.05) is 13.0 Å². The van der Waals surface area contributed by atoms with E-state index >= 15 is 0 Å². The molecule has 6 nitrogen and oxygen atoms in total. The molecular weight excluding hydrogens is 389 g/mol. The second-order valence-electron chi connectivity index (χ2n) is 7.16. The van der Waals surface area contributed by atoms with Gasteiger partial charge in [0.1, 0.15) is 6.61 Å². The summed E-state index contributed by atoms with van der Waals surface area (Å²) in [5.74, 6) is -0.253. The smallest absolute Gasteiger partial charge is 0.248 e. The van der Waals surface area contributed by atoms with Crippen molar-refractivity contribution in [3.63, 3.8) is 0 Å². The number of morpholine rings is 1. The van der Waals surface area contributed by atoms with Crippen LogP contribution >= 0.6 is 23.2 Å². The summed E-state index contributed by atoms with van der Waals surface area (Å²) in [5, 5.41) is 11.4. The number of amides is 1. The fraction of sp³-hybridized carbons (Fsp3) is 0.526. The van der Waals surface area contributed by atoms with Crippen LogP contribution in [0.5, 0.6) is 0 Å². The van der Waals surface area contributed by atoms with Crippen LogP contribution in [-0.4, -0.2) is 65.3 Å². The molecule has 3 heterocycles. The molecule has 27 heavy (non-hydrogen) atoms. The summed E-state index contributed by atoms with van der Waals surface area (Å²) in [4.78, 5) is 19.7. The number of aliphatic hydroxyl groups excluding tert-OH is 1. The van der Waals surface area contributed by atoms with Crippen LogP contribution in [0.1, 0.15) is 29.8 Å². The number of ether oxygens (including phenoxy) is 1. The monoisotopic (exact) mass is 411 g/mol. The van der Waals surface area contributed by atoms with Crippen LogP contribution in [0.15, 0.2) is 6.07 Å². The summed E-state index contributed by atoms with van der Waals surface area (Å²) in [6.07, 6.45) is 0.699. The Morgan fingerprint density at radius 2 is 2.07 bits per heavy atom. The molecule has 0 spiro atoms. The molecule has 1 saturated heterocycles. The first-order valence-corrected chi connectivity index (χ1v) is 9.98. The lowest BCUT2D eigenvalue weighted by molar-refractivity contribution is -0.136. The number of benzene rings is 1. The van der Waals surface area contributed by atoms with Gasteiger partial charge in [-0.25, -0.2) is 0 Å². The van der Waals surface area contributed by atoms with Crippen molar-refractivity contribution in [1.29, 1.82) is 0 Å². The minimum atomic E-state index is -0.477. The van der Waals surface area contributed by atoms with E-state index in [-0.39, 0.29) is 11.9 Å². The number of carbonyl (C=O) groups excluding carboxylic acids is 1. The lowest BCUT2D eigenvalue weighted by atomic mass is 9.94. The van der Waals surface area contributed by atoms with E-state index in [1.54, 1.807) is 4.90 Å². The molecule has 146 valence electrons. The highest BCUT2D eigenvalue weighted by Crippen LogP contribution is 2.42. The van der Waals surface area contributed by atoms with Crippen LogP contribution in [0.3, 0.4) is 0 Å². The van der Waals surface area contributed by atoms with Crippen LogP contribution in [0.4, 0.5) is 0 Å². The first-order valence-electron chi connectivity index (χ1n) is 9.23. The molecule has 0 radical (unpaired) electrons. The largest absolute Gasteiger partial charge is 0.387 e. The van der Waals surface area contributed by atoms with Crippen LogP contribution in [0.2, 0.25) is 10.0 Å². The molecule has 0 bridgehead atoms. The number of hydrogen-bond acceptors (Lipinski definition) is 4. The van der Waals surface area contributed by atoms with E-state index in [2.05, 4.69) is 9.88 Å². The lowest BCUT2D eigenvalue weighted by Gasteiger charge is -2.34. The Balaban J connectivity index is 1.83. The van der Waals surface area contributed by atoms with Gasteiger partial charge in [-0.05, 0) is 18.6 Å². The van der Waals surface area contributed by atoms with Crippen molar-refractivity contribution in [2.75, 3.05) is 39.5 Å². The first kappa shape index (κ1) is 19.0. The molecule has 2 aromatic rings. The van der Waals surface area contributed by atoms with Gasteiger partial charge < -0.3 is 19.7 Å². The molecular formula is C19H23Cl2N3O3. The molecule has 0 saturated carbocycles. The fourth-order valence-electron chi connectivity index (χ4n) is 4.27. The topological polar surface area (TPSA) is 68.8 Å². The Kier molecular flexibility index (Phi) is 5.36. The van der Waals surface area contributed by atoms with E-state index in [0.29, 0.717) is 23.0 Å².